The number of amides is 2. The van der Waals surface area contributed by atoms with Gasteiger partial charge in [-0.2, -0.15) is 0 Å². The van der Waals surface area contributed by atoms with Gasteiger partial charge in [0, 0.05) is 5.57 Å². The Hall–Kier alpha value is -3.28. The molecule has 0 unspecified atom stereocenters. The Balaban J connectivity index is 1.85. The molecule has 2 aromatic rings. The number of ether oxygens (including phenoxy) is 1. The Bertz CT molecular complexity index is 869. The number of hydrogen-bond acceptors (Lipinski definition) is 4. The molecular formula is C19H14FNO4. The lowest BCUT2D eigenvalue weighted by atomic mass is 10.1. The van der Waals surface area contributed by atoms with Crippen molar-refractivity contribution in [2.45, 2.75) is 6.42 Å². The zero-order valence-electron chi connectivity index (χ0n) is 13.4. The minimum atomic E-state index is -0.450. The summed E-state index contributed by atoms with van der Waals surface area (Å²) >= 11 is 0. The number of benzene rings is 2. The molecule has 5 nitrogen and oxygen atoms in total. The first-order valence-corrected chi connectivity index (χ1v) is 7.51. The van der Waals surface area contributed by atoms with Gasteiger partial charge in [0.15, 0.2) is 0 Å². The summed E-state index contributed by atoms with van der Waals surface area (Å²) in [5.74, 6) is -1.69. The van der Waals surface area contributed by atoms with Crippen LogP contribution in [0.4, 0.5) is 10.1 Å². The second-order valence-corrected chi connectivity index (χ2v) is 5.47. The van der Waals surface area contributed by atoms with Gasteiger partial charge in [0.25, 0.3) is 5.91 Å². The molecule has 126 valence electrons. The molecule has 0 N–H and O–H groups in total. The van der Waals surface area contributed by atoms with E-state index in [9.17, 15) is 18.8 Å². The van der Waals surface area contributed by atoms with E-state index in [1.54, 1.807) is 30.3 Å². The van der Waals surface area contributed by atoms with Crippen LogP contribution in [0.25, 0.3) is 6.08 Å². The number of imide groups is 1. The number of carbonyl (C=O) groups is 3. The third-order valence-corrected chi connectivity index (χ3v) is 3.83. The van der Waals surface area contributed by atoms with Gasteiger partial charge in [-0.1, -0.05) is 12.1 Å². The maximum atomic E-state index is 13.0. The van der Waals surface area contributed by atoms with E-state index in [-0.39, 0.29) is 12.3 Å². The standard InChI is InChI=1S/C19H14FNO4/c1-25-19(24)13-4-2-12(3-5-13)10-14-11-17(22)21(18(14)23)16-8-6-15(20)7-9-16/h2-10H,11H2,1H3. The van der Waals surface area contributed by atoms with Crippen molar-refractivity contribution >= 4 is 29.5 Å². The lowest BCUT2D eigenvalue weighted by Gasteiger charge is -2.13. The minimum Gasteiger partial charge on any atom is -0.465 e. The van der Waals surface area contributed by atoms with Crippen LogP contribution in [-0.2, 0) is 14.3 Å². The van der Waals surface area contributed by atoms with E-state index in [0.717, 1.165) is 4.90 Å². The largest absolute Gasteiger partial charge is 0.465 e. The predicted molar refractivity (Wildman–Crippen MR) is 89.3 cm³/mol. The van der Waals surface area contributed by atoms with Crippen LogP contribution >= 0.6 is 0 Å². The maximum absolute atomic E-state index is 13.0. The number of hydrogen-bond donors (Lipinski definition) is 0. The third-order valence-electron chi connectivity index (χ3n) is 3.83. The van der Waals surface area contributed by atoms with Gasteiger partial charge in [-0.25, -0.2) is 14.1 Å². The van der Waals surface area contributed by atoms with E-state index in [1.807, 2.05) is 0 Å². The zero-order chi connectivity index (χ0) is 18.0. The first-order valence-electron chi connectivity index (χ1n) is 7.51. The molecule has 1 fully saturated rings. The molecule has 0 aromatic heterocycles. The molecule has 2 amide bonds. The summed E-state index contributed by atoms with van der Waals surface area (Å²) in [5, 5.41) is 0. The van der Waals surface area contributed by atoms with Gasteiger partial charge < -0.3 is 4.74 Å². The van der Waals surface area contributed by atoms with Gasteiger partial charge in [0.1, 0.15) is 5.82 Å². The average molecular weight is 339 g/mol. The lowest BCUT2D eigenvalue weighted by Crippen LogP contribution is -2.28. The highest BCUT2D eigenvalue weighted by Gasteiger charge is 2.34. The first kappa shape index (κ1) is 16.6. The molecular weight excluding hydrogens is 325 g/mol. The van der Waals surface area contributed by atoms with E-state index in [1.165, 1.54) is 31.4 Å². The molecule has 2 aromatic carbocycles. The van der Waals surface area contributed by atoms with Crippen LogP contribution < -0.4 is 4.90 Å². The average Bonchev–Trinajstić information content (AvgIpc) is 2.89. The number of anilines is 1. The van der Waals surface area contributed by atoms with E-state index in [4.69, 9.17) is 0 Å². The Morgan fingerprint density at radius 2 is 1.72 bits per heavy atom. The van der Waals surface area contributed by atoms with Crippen molar-refractivity contribution in [2.75, 3.05) is 12.0 Å². The molecule has 0 atom stereocenters. The molecule has 3 rings (SSSR count). The number of rotatable bonds is 3. The van der Waals surface area contributed by atoms with Crippen molar-refractivity contribution in [2.24, 2.45) is 0 Å². The van der Waals surface area contributed by atoms with Crippen molar-refractivity contribution in [1.82, 2.24) is 0 Å². The smallest absolute Gasteiger partial charge is 0.337 e. The Morgan fingerprint density at radius 1 is 1.08 bits per heavy atom. The number of nitrogens with zero attached hydrogens (tertiary/aromatic N) is 1. The van der Waals surface area contributed by atoms with Crippen LogP contribution in [0.15, 0.2) is 54.1 Å². The molecule has 0 saturated carbocycles. The monoisotopic (exact) mass is 339 g/mol. The summed E-state index contributed by atoms with van der Waals surface area (Å²) in [4.78, 5) is 37.1. The van der Waals surface area contributed by atoms with Gasteiger partial charge in [0.2, 0.25) is 5.91 Å². The molecule has 25 heavy (non-hydrogen) atoms. The minimum absolute atomic E-state index is 0.0328. The quantitative estimate of drug-likeness (QED) is 0.490. The fourth-order valence-corrected chi connectivity index (χ4v) is 2.57. The second kappa shape index (κ2) is 6.68. The zero-order valence-corrected chi connectivity index (χ0v) is 13.4. The van der Waals surface area contributed by atoms with Crippen molar-refractivity contribution in [1.29, 1.82) is 0 Å². The summed E-state index contributed by atoms with van der Waals surface area (Å²) in [6, 6.07) is 11.7. The Morgan fingerprint density at radius 3 is 2.32 bits per heavy atom. The first-order chi connectivity index (χ1) is 12.0. The summed E-state index contributed by atoms with van der Waals surface area (Å²) in [6.07, 6.45) is 1.57. The Kier molecular flexibility index (Phi) is 4.43. The molecule has 0 radical (unpaired) electrons. The van der Waals surface area contributed by atoms with Crippen LogP contribution in [0, 0.1) is 5.82 Å². The van der Waals surface area contributed by atoms with Gasteiger partial charge in [0.05, 0.1) is 24.8 Å². The molecule has 1 heterocycles. The molecule has 6 heteroatoms. The lowest BCUT2D eigenvalue weighted by molar-refractivity contribution is -0.120. The van der Waals surface area contributed by atoms with Crippen molar-refractivity contribution in [3.63, 3.8) is 0 Å². The highest BCUT2D eigenvalue weighted by atomic mass is 19.1. The summed E-state index contributed by atoms with van der Waals surface area (Å²) < 4.78 is 17.6. The fraction of sp³-hybridized carbons (Fsp3) is 0.105. The van der Waals surface area contributed by atoms with Crippen LogP contribution in [0.5, 0.6) is 0 Å². The normalized spacial score (nSPS) is 15.8. The number of carbonyl (C=O) groups excluding carboxylic acids is 3. The number of esters is 1. The number of halogens is 1. The van der Waals surface area contributed by atoms with E-state index >= 15 is 0 Å². The van der Waals surface area contributed by atoms with E-state index in [2.05, 4.69) is 4.74 Å². The maximum Gasteiger partial charge on any atom is 0.337 e. The summed E-state index contributed by atoms with van der Waals surface area (Å²) in [7, 11) is 1.30. The Labute approximate surface area is 143 Å². The second-order valence-electron chi connectivity index (χ2n) is 5.47. The van der Waals surface area contributed by atoms with Gasteiger partial charge in [-0.15, -0.1) is 0 Å². The van der Waals surface area contributed by atoms with Gasteiger partial charge in [-0.3, -0.25) is 9.59 Å². The van der Waals surface area contributed by atoms with Crippen molar-refractivity contribution in [3.8, 4) is 0 Å². The molecule has 0 spiro atoms. The highest BCUT2D eigenvalue weighted by Crippen LogP contribution is 2.27. The van der Waals surface area contributed by atoms with Crippen molar-refractivity contribution < 1.29 is 23.5 Å². The van der Waals surface area contributed by atoms with Crippen LogP contribution in [0.1, 0.15) is 22.3 Å². The van der Waals surface area contributed by atoms with E-state index in [0.29, 0.717) is 22.4 Å². The summed E-state index contributed by atoms with van der Waals surface area (Å²) in [6.45, 7) is 0. The fourth-order valence-electron chi connectivity index (χ4n) is 2.57. The van der Waals surface area contributed by atoms with Crippen LogP contribution in [0.2, 0.25) is 0 Å². The van der Waals surface area contributed by atoms with Crippen molar-refractivity contribution in [3.05, 3.63) is 71.0 Å². The third kappa shape index (κ3) is 3.33. The van der Waals surface area contributed by atoms with Gasteiger partial charge >= 0.3 is 5.97 Å². The van der Waals surface area contributed by atoms with Crippen LogP contribution in [-0.4, -0.2) is 24.9 Å². The van der Waals surface area contributed by atoms with Crippen LogP contribution in [0.3, 0.4) is 0 Å². The summed E-state index contributed by atoms with van der Waals surface area (Å²) in [5.41, 5.74) is 1.75. The van der Waals surface area contributed by atoms with Gasteiger partial charge in [-0.05, 0) is 48.0 Å². The van der Waals surface area contributed by atoms with E-state index < -0.39 is 17.7 Å². The molecule has 1 aliphatic rings. The molecule has 0 bridgehead atoms. The highest BCUT2D eigenvalue weighted by molar-refractivity contribution is 6.29. The topological polar surface area (TPSA) is 63.7 Å². The SMILES string of the molecule is COC(=O)c1ccc(C=C2CC(=O)N(c3ccc(F)cc3)C2=O)cc1. The molecule has 1 aliphatic heterocycles. The predicted octanol–water partition coefficient (Wildman–Crippen LogP) is 2.96. The molecule has 0 aliphatic carbocycles. The number of methoxy groups -OCH3 is 1. The molecule has 1 saturated heterocycles.